The van der Waals surface area contributed by atoms with Crippen LogP contribution in [0.25, 0.3) is 16.8 Å². The number of halogens is 1. The lowest BCUT2D eigenvalue weighted by Gasteiger charge is -2.20. The van der Waals surface area contributed by atoms with Crippen LogP contribution in [0, 0.1) is 6.92 Å². The zero-order chi connectivity index (χ0) is 22.3. The molecule has 31 heavy (non-hydrogen) atoms. The largest absolute Gasteiger partial charge is 0.340 e. The summed E-state index contributed by atoms with van der Waals surface area (Å²) < 4.78 is 1.91. The first-order valence-electron chi connectivity index (χ1n) is 10.7. The van der Waals surface area contributed by atoms with Crippen LogP contribution in [-0.4, -0.2) is 14.6 Å². The van der Waals surface area contributed by atoms with Crippen molar-refractivity contribution in [1.82, 2.24) is 14.6 Å². The highest BCUT2D eigenvalue weighted by atomic mass is 35.5. The van der Waals surface area contributed by atoms with Gasteiger partial charge in [0.05, 0.1) is 11.4 Å². The number of aryl methyl sites for hydroxylation is 1. The van der Waals surface area contributed by atoms with E-state index >= 15 is 0 Å². The van der Waals surface area contributed by atoms with E-state index in [-0.39, 0.29) is 5.41 Å². The normalized spacial score (nSPS) is 12.0. The molecule has 4 aromatic rings. The van der Waals surface area contributed by atoms with Crippen LogP contribution in [0.2, 0.25) is 5.02 Å². The first-order chi connectivity index (χ1) is 14.6. The van der Waals surface area contributed by atoms with E-state index < -0.39 is 0 Å². The minimum absolute atomic E-state index is 0.102. The van der Waals surface area contributed by atoms with Crippen molar-refractivity contribution in [3.8, 4) is 11.1 Å². The quantitative estimate of drug-likeness (QED) is 0.362. The lowest BCUT2D eigenvalue weighted by atomic mass is 9.92. The molecule has 0 atom stereocenters. The molecule has 1 N–H and O–H groups in total. The molecule has 0 aliphatic rings. The molecule has 160 valence electrons. The van der Waals surface area contributed by atoms with Crippen LogP contribution in [0.1, 0.15) is 57.5 Å². The number of aromatic nitrogens is 3. The van der Waals surface area contributed by atoms with Gasteiger partial charge < -0.3 is 5.32 Å². The van der Waals surface area contributed by atoms with Crippen molar-refractivity contribution >= 4 is 28.8 Å². The second-order valence-corrected chi connectivity index (χ2v) is 9.82. The molecule has 0 unspecified atom stereocenters. The Hall–Kier alpha value is -2.85. The number of rotatable bonds is 4. The molecule has 0 radical (unpaired) electrons. The van der Waals surface area contributed by atoms with Crippen LogP contribution in [0.5, 0.6) is 0 Å². The van der Waals surface area contributed by atoms with E-state index in [0.717, 1.165) is 39.7 Å². The summed E-state index contributed by atoms with van der Waals surface area (Å²) in [5.74, 6) is 1.40. The van der Waals surface area contributed by atoms with Gasteiger partial charge in [0.25, 0.3) is 0 Å². The molecule has 2 aromatic heterocycles. The highest BCUT2D eigenvalue weighted by molar-refractivity contribution is 6.30. The number of hydrogen-bond donors (Lipinski definition) is 1. The molecule has 5 heteroatoms. The predicted octanol–water partition coefficient (Wildman–Crippen LogP) is 7.52. The van der Waals surface area contributed by atoms with Crippen LogP contribution >= 0.6 is 11.6 Å². The molecule has 0 amide bonds. The van der Waals surface area contributed by atoms with Crippen molar-refractivity contribution in [1.29, 1.82) is 0 Å². The van der Waals surface area contributed by atoms with Gasteiger partial charge in [-0.1, -0.05) is 70.5 Å². The smallest absolute Gasteiger partial charge is 0.165 e. The van der Waals surface area contributed by atoms with Gasteiger partial charge in [0.1, 0.15) is 5.82 Å². The highest BCUT2D eigenvalue weighted by Crippen LogP contribution is 2.33. The molecular formula is C26H29ClN4. The van der Waals surface area contributed by atoms with Gasteiger partial charge in [0.2, 0.25) is 0 Å². The van der Waals surface area contributed by atoms with E-state index in [1.54, 1.807) is 0 Å². The summed E-state index contributed by atoms with van der Waals surface area (Å²) in [7, 11) is 0. The standard InChI is InChI=1S/C26H29ClN4/c1-16(2)18-9-13-21(14-10-18)28-23-15-22(26(4,5)6)29-25-24(17(3)30-31(23)25)19-7-11-20(27)12-8-19/h7-16,28H,1-6H3. The summed E-state index contributed by atoms with van der Waals surface area (Å²) in [5.41, 5.74) is 7.11. The van der Waals surface area contributed by atoms with Gasteiger partial charge in [0.15, 0.2) is 5.65 Å². The fraction of sp³-hybridized carbons (Fsp3) is 0.308. The summed E-state index contributed by atoms with van der Waals surface area (Å²) in [4.78, 5) is 5.03. The second-order valence-electron chi connectivity index (χ2n) is 9.38. The maximum atomic E-state index is 6.12. The predicted molar refractivity (Wildman–Crippen MR) is 131 cm³/mol. The van der Waals surface area contributed by atoms with Crippen molar-refractivity contribution in [2.75, 3.05) is 5.32 Å². The van der Waals surface area contributed by atoms with Gasteiger partial charge in [-0.05, 0) is 48.2 Å². The van der Waals surface area contributed by atoms with E-state index in [4.69, 9.17) is 21.7 Å². The fourth-order valence-corrected chi connectivity index (χ4v) is 3.78. The van der Waals surface area contributed by atoms with Crippen molar-refractivity contribution in [3.05, 3.63) is 76.6 Å². The minimum Gasteiger partial charge on any atom is -0.340 e. The number of hydrogen-bond acceptors (Lipinski definition) is 3. The average molecular weight is 433 g/mol. The lowest BCUT2D eigenvalue weighted by Crippen LogP contribution is -2.16. The van der Waals surface area contributed by atoms with E-state index in [9.17, 15) is 0 Å². The van der Waals surface area contributed by atoms with E-state index in [1.807, 2.05) is 35.7 Å². The maximum Gasteiger partial charge on any atom is 0.165 e. The Labute approximate surface area is 189 Å². The van der Waals surface area contributed by atoms with Crippen LogP contribution in [0.15, 0.2) is 54.6 Å². The molecule has 0 aliphatic carbocycles. The molecular weight excluding hydrogens is 404 g/mol. The van der Waals surface area contributed by atoms with Gasteiger partial charge in [-0.3, -0.25) is 0 Å². The molecule has 4 nitrogen and oxygen atoms in total. The Morgan fingerprint density at radius 3 is 2.19 bits per heavy atom. The first kappa shape index (κ1) is 21.4. The summed E-state index contributed by atoms with van der Waals surface area (Å²) in [6.45, 7) is 13.0. The third kappa shape index (κ3) is 4.31. The van der Waals surface area contributed by atoms with Gasteiger partial charge in [0, 0.05) is 27.8 Å². The lowest BCUT2D eigenvalue weighted by molar-refractivity contribution is 0.569. The summed E-state index contributed by atoms with van der Waals surface area (Å²) in [5, 5.41) is 9.12. The SMILES string of the molecule is Cc1nn2c(Nc3ccc(C(C)C)cc3)cc(C(C)(C)C)nc2c1-c1ccc(Cl)cc1. The molecule has 0 aliphatic heterocycles. The van der Waals surface area contributed by atoms with Crippen LogP contribution in [0.4, 0.5) is 11.5 Å². The van der Waals surface area contributed by atoms with E-state index in [1.165, 1.54) is 5.56 Å². The molecule has 0 bridgehead atoms. The van der Waals surface area contributed by atoms with Crippen molar-refractivity contribution in [2.24, 2.45) is 0 Å². The first-order valence-corrected chi connectivity index (χ1v) is 11.0. The molecule has 0 fully saturated rings. The highest BCUT2D eigenvalue weighted by Gasteiger charge is 2.22. The Morgan fingerprint density at radius 2 is 1.61 bits per heavy atom. The zero-order valence-corrected chi connectivity index (χ0v) is 19.7. The Bertz CT molecular complexity index is 1210. The Balaban J connectivity index is 1.88. The van der Waals surface area contributed by atoms with E-state index in [0.29, 0.717) is 10.9 Å². The maximum absolute atomic E-state index is 6.12. The third-order valence-electron chi connectivity index (χ3n) is 5.52. The number of nitrogens with zero attached hydrogens (tertiary/aromatic N) is 3. The number of benzene rings is 2. The van der Waals surface area contributed by atoms with Crippen LogP contribution in [-0.2, 0) is 5.41 Å². The average Bonchev–Trinajstić information content (AvgIpc) is 3.04. The minimum atomic E-state index is -0.102. The van der Waals surface area contributed by atoms with Crippen molar-refractivity contribution < 1.29 is 0 Å². The van der Waals surface area contributed by atoms with Crippen molar-refractivity contribution in [3.63, 3.8) is 0 Å². The van der Waals surface area contributed by atoms with Crippen molar-refractivity contribution in [2.45, 2.75) is 52.9 Å². The molecule has 2 heterocycles. The van der Waals surface area contributed by atoms with Crippen LogP contribution in [0.3, 0.4) is 0 Å². The molecule has 0 spiro atoms. The Morgan fingerprint density at radius 1 is 0.968 bits per heavy atom. The third-order valence-corrected chi connectivity index (χ3v) is 5.77. The van der Waals surface area contributed by atoms with Gasteiger partial charge in [-0.15, -0.1) is 0 Å². The number of fused-ring (bicyclic) bond motifs is 1. The number of anilines is 2. The zero-order valence-electron chi connectivity index (χ0n) is 19.0. The Kier molecular flexibility index (Phi) is 5.52. The summed E-state index contributed by atoms with van der Waals surface area (Å²) in [6, 6.07) is 18.5. The van der Waals surface area contributed by atoms with Gasteiger partial charge in [-0.2, -0.15) is 9.61 Å². The van der Waals surface area contributed by atoms with Gasteiger partial charge in [-0.25, -0.2) is 4.98 Å². The molecule has 0 saturated heterocycles. The summed E-state index contributed by atoms with van der Waals surface area (Å²) in [6.07, 6.45) is 0. The second kappa shape index (κ2) is 8.01. The summed E-state index contributed by atoms with van der Waals surface area (Å²) >= 11 is 6.12. The van der Waals surface area contributed by atoms with E-state index in [2.05, 4.69) is 70.3 Å². The molecule has 2 aromatic carbocycles. The topological polar surface area (TPSA) is 42.2 Å². The fourth-order valence-electron chi connectivity index (χ4n) is 3.65. The molecule has 0 saturated carbocycles. The monoisotopic (exact) mass is 432 g/mol. The van der Waals surface area contributed by atoms with Gasteiger partial charge >= 0.3 is 0 Å². The van der Waals surface area contributed by atoms with Crippen LogP contribution < -0.4 is 5.32 Å². The number of nitrogens with one attached hydrogen (secondary N) is 1. The molecule has 4 rings (SSSR count).